The van der Waals surface area contributed by atoms with Crippen molar-refractivity contribution in [2.75, 3.05) is 25.0 Å². The summed E-state index contributed by atoms with van der Waals surface area (Å²) in [5, 5.41) is 10.2. The molecule has 1 heterocycles. The van der Waals surface area contributed by atoms with Gasteiger partial charge in [-0.05, 0) is 38.1 Å². The van der Waals surface area contributed by atoms with Crippen LogP contribution in [-0.4, -0.2) is 41.1 Å². The average Bonchev–Trinajstić information content (AvgIpc) is 2.31. The van der Waals surface area contributed by atoms with Crippen molar-refractivity contribution in [2.45, 2.75) is 51.5 Å². The van der Waals surface area contributed by atoms with Crippen molar-refractivity contribution in [1.82, 2.24) is 4.90 Å². The molecule has 1 aliphatic rings. The maximum Gasteiger partial charge on any atom is 0.0445 e. The van der Waals surface area contributed by atoms with Gasteiger partial charge in [-0.1, -0.05) is 35.7 Å². The van der Waals surface area contributed by atoms with Gasteiger partial charge in [0.15, 0.2) is 0 Å². The third kappa shape index (κ3) is 4.72. The van der Waals surface area contributed by atoms with E-state index in [4.69, 9.17) is 5.11 Å². The first kappa shape index (κ1) is 14.5. The van der Waals surface area contributed by atoms with Gasteiger partial charge in [0.2, 0.25) is 0 Å². The van der Waals surface area contributed by atoms with E-state index in [0.717, 1.165) is 17.7 Å². The molecule has 96 valence electrons. The fourth-order valence-corrected chi connectivity index (χ4v) is 3.26. The summed E-state index contributed by atoms with van der Waals surface area (Å²) in [6.45, 7) is 5.05. The quantitative estimate of drug-likeness (QED) is 0.729. The topological polar surface area (TPSA) is 23.5 Å². The minimum absolute atomic E-state index is 0.341. The van der Waals surface area contributed by atoms with Crippen LogP contribution in [0.4, 0.5) is 0 Å². The maximum atomic E-state index is 9.10. The van der Waals surface area contributed by atoms with Crippen LogP contribution >= 0.6 is 15.9 Å². The Morgan fingerprint density at radius 1 is 1.44 bits per heavy atom. The van der Waals surface area contributed by atoms with Gasteiger partial charge in [0.25, 0.3) is 0 Å². The number of hydrogen-bond acceptors (Lipinski definition) is 2. The van der Waals surface area contributed by atoms with Crippen LogP contribution in [0.25, 0.3) is 0 Å². The number of aliphatic hydroxyl groups is 1. The Morgan fingerprint density at radius 3 is 2.88 bits per heavy atom. The van der Waals surface area contributed by atoms with Gasteiger partial charge in [0.1, 0.15) is 0 Å². The Bertz CT molecular complexity index is 175. The summed E-state index contributed by atoms with van der Waals surface area (Å²) in [4.78, 5) is 2.61. The molecule has 0 aromatic heterocycles. The van der Waals surface area contributed by atoms with E-state index in [1.807, 2.05) is 0 Å². The van der Waals surface area contributed by atoms with Crippen LogP contribution in [0.15, 0.2) is 0 Å². The zero-order valence-corrected chi connectivity index (χ0v) is 12.1. The molecule has 0 amide bonds. The number of piperidine rings is 1. The van der Waals surface area contributed by atoms with E-state index in [1.165, 1.54) is 45.2 Å². The second-order valence-electron chi connectivity index (χ2n) is 4.97. The van der Waals surface area contributed by atoms with Gasteiger partial charge < -0.3 is 5.11 Å². The van der Waals surface area contributed by atoms with Crippen molar-refractivity contribution >= 4 is 15.9 Å². The van der Waals surface area contributed by atoms with E-state index < -0.39 is 0 Å². The van der Waals surface area contributed by atoms with Crippen LogP contribution in [0, 0.1) is 5.92 Å². The number of nitrogens with zero attached hydrogens (tertiary/aromatic N) is 1. The highest BCUT2D eigenvalue weighted by Crippen LogP contribution is 2.22. The number of likely N-dealkylation sites (tertiary alicyclic amines) is 1. The minimum atomic E-state index is 0.341. The van der Waals surface area contributed by atoms with E-state index >= 15 is 0 Å². The molecule has 3 heteroatoms. The van der Waals surface area contributed by atoms with E-state index in [2.05, 4.69) is 27.8 Å². The molecule has 16 heavy (non-hydrogen) atoms. The van der Waals surface area contributed by atoms with Crippen LogP contribution in [0.2, 0.25) is 0 Å². The van der Waals surface area contributed by atoms with Crippen LogP contribution < -0.4 is 0 Å². The molecular formula is C13H26BrNO. The van der Waals surface area contributed by atoms with Gasteiger partial charge >= 0.3 is 0 Å². The Morgan fingerprint density at radius 2 is 2.25 bits per heavy atom. The molecule has 1 fully saturated rings. The van der Waals surface area contributed by atoms with Gasteiger partial charge in [-0.2, -0.15) is 0 Å². The number of rotatable bonds is 7. The summed E-state index contributed by atoms with van der Waals surface area (Å²) >= 11 is 3.63. The summed E-state index contributed by atoms with van der Waals surface area (Å²) in [6.07, 6.45) is 7.50. The standard InChI is InChI=1S/C13H26BrNO/c1-2-5-12(10-14)11-15-8-4-3-6-13(15)7-9-16/h12-13,16H,2-11H2,1H3. The highest BCUT2D eigenvalue weighted by molar-refractivity contribution is 9.09. The zero-order chi connectivity index (χ0) is 11.8. The summed E-state index contributed by atoms with van der Waals surface area (Å²) in [6, 6.07) is 0.636. The van der Waals surface area contributed by atoms with Crippen molar-refractivity contribution in [3.05, 3.63) is 0 Å². The average molecular weight is 292 g/mol. The first-order valence-electron chi connectivity index (χ1n) is 6.72. The molecule has 0 bridgehead atoms. The molecule has 0 aromatic rings. The van der Waals surface area contributed by atoms with Gasteiger partial charge in [-0.15, -0.1) is 0 Å². The summed E-state index contributed by atoms with van der Waals surface area (Å²) < 4.78 is 0. The molecule has 0 radical (unpaired) electrons. The third-order valence-electron chi connectivity index (χ3n) is 3.62. The lowest BCUT2D eigenvalue weighted by Gasteiger charge is -2.37. The molecular weight excluding hydrogens is 266 g/mol. The lowest BCUT2D eigenvalue weighted by atomic mass is 9.97. The predicted molar refractivity (Wildman–Crippen MR) is 73.1 cm³/mol. The first-order chi connectivity index (χ1) is 7.81. The van der Waals surface area contributed by atoms with E-state index in [9.17, 15) is 0 Å². The smallest absolute Gasteiger partial charge is 0.0445 e. The molecule has 2 nitrogen and oxygen atoms in total. The highest BCUT2D eigenvalue weighted by Gasteiger charge is 2.23. The molecule has 1 N–H and O–H groups in total. The Kier molecular flexibility index (Phi) is 7.67. The van der Waals surface area contributed by atoms with Crippen LogP contribution in [-0.2, 0) is 0 Å². The summed E-state index contributed by atoms with van der Waals surface area (Å²) in [7, 11) is 0. The van der Waals surface area contributed by atoms with E-state index in [0.29, 0.717) is 12.6 Å². The molecule has 1 rings (SSSR count). The van der Waals surface area contributed by atoms with Crippen molar-refractivity contribution < 1.29 is 5.11 Å². The molecule has 0 spiro atoms. The number of aliphatic hydroxyl groups excluding tert-OH is 1. The maximum absolute atomic E-state index is 9.10. The number of hydrogen-bond donors (Lipinski definition) is 1. The van der Waals surface area contributed by atoms with Gasteiger partial charge in [-0.3, -0.25) is 4.90 Å². The monoisotopic (exact) mass is 291 g/mol. The van der Waals surface area contributed by atoms with Crippen LogP contribution in [0.1, 0.15) is 45.4 Å². The molecule has 2 atom stereocenters. The fourth-order valence-electron chi connectivity index (χ4n) is 2.73. The predicted octanol–water partition coefficient (Wildman–Crippen LogP) is 3.03. The number of alkyl halides is 1. The summed E-state index contributed by atoms with van der Waals surface area (Å²) in [5.74, 6) is 0.782. The van der Waals surface area contributed by atoms with Crippen molar-refractivity contribution in [2.24, 2.45) is 5.92 Å². The largest absolute Gasteiger partial charge is 0.396 e. The highest BCUT2D eigenvalue weighted by atomic mass is 79.9. The second kappa shape index (κ2) is 8.48. The van der Waals surface area contributed by atoms with Crippen LogP contribution in [0.5, 0.6) is 0 Å². The lowest BCUT2D eigenvalue weighted by Crippen LogP contribution is -2.43. The first-order valence-corrected chi connectivity index (χ1v) is 7.84. The molecule has 0 aromatic carbocycles. The summed E-state index contributed by atoms with van der Waals surface area (Å²) in [5.41, 5.74) is 0. The van der Waals surface area contributed by atoms with Crippen molar-refractivity contribution in [3.8, 4) is 0 Å². The normalized spacial score (nSPS) is 24.6. The SMILES string of the molecule is CCCC(CBr)CN1CCCCC1CCO. The molecule has 0 saturated carbocycles. The Labute approximate surface area is 109 Å². The molecule has 1 aliphatic heterocycles. The Hall–Kier alpha value is 0.400. The van der Waals surface area contributed by atoms with Gasteiger partial charge in [-0.25, -0.2) is 0 Å². The molecule has 2 unspecified atom stereocenters. The lowest BCUT2D eigenvalue weighted by molar-refractivity contribution is 0.103. The fraction of sp³-hybridized carbons (Fsp3) is 1.00. The minimum Gasteiger partial charge on any atom is -0.396 e. The van der Waals surface area contributed by atoms with E-state index in [-0.39, 0.29) is 0 Å². The molecule has 1 saturated heterocycles. The van der Waals surface area contributed by atoms with Crippen LogP contribution in [0.3, 0.4) is 0 Å². The van der Waals surface area contributed by atoms with Crippen molar-refractivity contribution in [1.29, 1.82) is 0 Å². The zero-order valence-electron chi connectivity index (χ0n) is 10.5. The number of halogens is 1. The van der Waals surface area contributed by atoms with Crippen molar-refractivity contribution in [3.63, 3.8) is 0 Å². The third-order valence-corrected chi connectivity index (χ3v) is 4.53. The molecule has 0 aliphatic carbocycles. The van der Waals surface area contributed by atoms with E-state index in [1.54, 1.807) is 0 Å². The Balaban J connectivity index is 2.40. The van der Waals surface area contributed by atoms with Gasteiger partial charge in [0, 0.05) is 24.5 Å². The second-order valence-corrected chi connectivity index (χ2v) is 5.61. The van der Waals surface area contributed by atoms with Gasteiger partial charge in [0.05, 0.1) is 0 Å².